The fourth-order valence-electron chi connectivity index (χ4n) is 5.81. The van der Waals surface area contributed by atoms with Gasteiger partial charge in [-0.1, -0.05) is 172 Å². The third-order valence-electron chi connectivity index (χ3n) is 9.24. The molecule has 1 unspecified atom stereocenters. The molecule has 0 bridgehead atoms. The Bertz CT molecular complexity index is 1070. The van der Waals surface area contributed by atoms with E-state index in [1.54, 1.807) is 0 Å². The summed E-state index contributed by atoms with van der Waals surface area (Å²) in [6, 6.07) is 0. The second-order valence-corrected chi connectivity index (χ2v) is 16.2. The molecule has 0 aromatic carbocycles. The highest BCUT2D eigenvalue weighted by molar-refractivity contribution is 7.47. The smallest absolute Gasteiger partial charge is 0.462 e. The molecule has 0 aliphatic heterocycles. The van der Waals surface area contributed by atoms with Crippen molar-refractivity contribution < 1.29 is 47.8 Å². The molecule has 11 heteroatoms. The number of allylic oxidation sites excluding steroid dienone is 8. The van der Waals surface area contributed by atoms with Gasteiger partial charge in [0.2, 0.25) is 0 Å². The zero-order chi connectivity index (χ0) is 41.2. The molecule has 10 nitrogen and oxygen atoms in total. The van der Waals surface area contributed by atoms with Crippen molar-refractivity contribution in [2.75, 3.05) is 26.4 Å². The number of carbonyl (C=O) groups excluding carboxylic acids is 2. The maximum Gasteiger partial charge on any atom is 0.472 e. The molecule has 3 atom stereocenters. The van der Waals surface area contributed by atoms with Gasteiger partial charge in [-0.15, -0.1) is 0 Å². The Hall–Kier alpha value is -2.07. The lowest BCUT2D eigenvalue weighted by Crippen LogP contribution is -2.29. The zero-order valence-electron chi connectivity index (χ0n) is 35.3. The summed E-state index contributed by atoms with van der Waals surface area (Å²) in [6.07, 6.45) is 43.7. The van der Waals surface area contributed by atoms with Gasteiger partial charge in [0.1, 0.15) is 12.7 Å². The molecule has 0 saturated heterocycles. The Labute approximate surface area is 341 Å². The third kappa shape index (κ3) is 40.1. The molecule has 0 rings (SSSR count). The fourth-order valence-corrected chi connectivity index (χ4v) is 6.60. The minimum Gasteiger partial charge on any atom is -0.462 e. The highest BCUT2D eigenvalue weighted by Crippen LogP contribution is 2.43. The molecule has 0 aromatic heterocycles. The van der Waals surface area contributed by atoms with Gasteiger partial charge < -0.3 is 24.6 Å². The van der Waals surface area contributed by atoms with Crippen LogP contribution >= 0.6 is 7.82 Å². The van der Waals surface area contributed by atoms with Crippen molar-refractivity contribution in [1.29, 1.82) is 0 Å². The maximum absolute atomic E-state index is 12.6. The SMILES string of the molecule is CCCCC/C=C\C/C=C\C/C=C\C/C=C\CCCC(=O)O[C@H](COC(=O)CCCCCCCCCCCCCCCCCC)COP(=O)(O)OC[C@@H](O)CO. The minimum absolute atomic E-state index is 0.109. The number of hydrogen-bond donors (Lipinski definition) is 3. The molecular weight excluding hydrogens is 731 g/mol. The van der Waals surface area contributed by atoms with Crippen LogP contribution in [0.4, 0.5) is 0 Å². The van der Waals surface area contributed by atoms with Crippen molar-refractivity contribution in [3.8, 4) is 0 Å². The second-order valence-electron chi connectivity index (χ2n) is 14.7. The first-order chi connectivity index (χ1) is 27.2. The number of rotatable bonds is 41. The maximum atomic E-state index is 12.6. The molecule has 0 amide bonds. The Balaban J connectivity index is 4.37. The summed E-state index contributed by atoms with van der Waals surface area (Å²) in [6.45, 7) is 2.30. The normalized spacial score (nSPS) is 14.3. The number of phosphoric acid groups is 1. The highest BCUT2D eigenvalue weighted by atomic mass is 31.2. The molecule has 326 valence electrons. The summed E-state index contributed by atoms with van der Waals surface area (Å²) in [7, 11) is -4.63. The average molecular weight is 813 g/mol. The van der Waals surface area contributed by atoms with Gasteiger partial charge in [-0.2, -0.15) is 0 Å². The van der Waals surface area contributed by atoms with Crippen LogP contribution in [0.5, 0.6) is 0 Å². The van der Waals surface area contributed by atoms with E-state index in [4.69, 9.17) is 19.1 Å². The van der Waals surface area contributed by atoms with E-state index < -0.39 is 51.8 Å². The predicted molar refractivity (Wildman–Crippen MR) is 228 cm³/mol. The van der Waals surface area contributed by atoms with Crippen molar-refractivity contribution in [3.63, 3.8) is 0 Å². The molecule has 0 aromatic rings. The van der Waals surface area contributed by atoms with Crippen LogP contribution in [-0.4, -0.2) is 65.7 Å². The molecule has 56 heavy (non-hydrogen) atoms. The van der Waals surface area contributed by atoms with Gasteiger partial charge in [0.15, 0.2) is 6.10 Å². The highest BCUT2D eigenvalue weighted by Gasteiger charge is 2.27. The average Bonchev–Trinajstić information content (AvgIpc) is 3.19. The number of unbranched alkanes of at least 4 members (excludes halogenated alkanes) is 19. The van der Waals surface area contributed by atoms with Crippen LogP contribution in [0.3, 0.4) is 0 Å². The first-order valence-corrected chi connectivity index (χ1v) is 23.6. The summed E-state index contributed by atoms with van der Waals surface area (Å²) < 4.78 is 32.7. The predicted octanol–water partition coefficient (Wildman–Crippen LogP) is 11.7. The van der Waals surface area contributed by atoms with Gasteiger partial charge in [0.05, 0.1) is 19.8 Å². The molecular formula is C45H81O10P. The number of aliphatic hydroxyl groups excluding tert-OH is 2. The molecule has 0 fully saturated rings. The van der Waals surface area contributed by atoms with Crippen molar-refractivity contribution >= 4 is 19.8 Å². The number of carbonyl (C=O) groups is 2. The lowest BCUT2D eigenvalue weighted by atomic mass is 10.0. The van der Waals surface area contributed by atoms with Gasteiger partial charge >= 0.3 is 19.8 Å². The third-order valence-corrected chi connectivity index (χ3v) is 10.2. The van der Waals surface area contributed by atoms with Gasteiger partial charge in [0.25, 0.3) is 0 Å². The van der Waals surface area contributed by atoms with E-state index in [2.05, 4.69) is 54.8 Å². The van der Waals surface area contributed by atoms with Crippen LogP contribution in [-0.2, 0) is 32.7 Å². The molecule has 3 N–H and O–H groups in total. The number of phosphoric ester groups is 1. The van der Waals surface area contributed by atoms with Crippen molar-refractivity contribution in [1.82, 2.24) is 0 Å². The summed E-state index contributed by atoms with van der Waals surface area (Å²) >= 11 is 0. The van der Waals surface area contributed by atoms with Crippen LogP contribution in [0.25, 0.3) is 0 Å². The standard InChI is InChI=1S/C45H81O10P/c1-3-5-7-9-11-13-15-17-19-21-23-25-27-29-31-33-35-37-45(49)55-43(41-54-56(50,51)53-39-42(47)38-46)40-52-44(48)36-34-32-30-28-26-24-22-20-18-16-14-12-10-8-6-4-2/h11,13,17,19,23,25,29,31,42-43,46-47H,3-10,12,14-16,18,20-22,24,26-28,30,32-41H2,1-2H3,(H,50,51)/b13-11-,19-17-,25-23-,31-29-/t42-,43+/m0/s1. The Morgan fingerprint density at radius 2 is 0.946 bits per heavy atom. The minimum atomic E-state index is -4.63. The first kappa shape index (κ1) is 53.9. The molecule has 0 heterocycles. The van der Waals surface area contributed by atoms with E-state index in [0.29, 0.717) is 19.3 Å². The van der Waals surface area contributed by atoms with Gasteiger partial charge in [-0.3, -0.25) is 18.6 Å². The number of hydrogen-bond acceptors (Lipinski definition) is 9. The van der Waals surface area contributed by atoms with E-state index in [-0.39, 0.29) is 19.4 Å². The van der Waals surface area contributed by atoms with Gasteiger partial charge in [0, 0.05) is 12.8 Å². The van der Waals surface area contributed by atoms with Crippen molar-refractivity contribution in [2.45, 2.75) is 199 Å². The summed E-state index contributed by atoms with van der Waals surface area (Å²) in [5.74, 6) is -0.987. The summed E-state index contributed by atoms with van der Waals surface area (Å²) in [5, 5.41) is 18.3. The van der Waals surface area contributed by atoms with Crippen LogP contribution in [0, 0.1) is 0 Å². The van der Waals surface area contributed by atoms with Gasteiger partial charge in [-0.25, -0.2) is 4.57 Å². The lowest BCUT2D eigenvalue weighted by molar-refractivity contribution is -0.161. The first-order valence-electron chi connectivity index (χ1n) is 22.1. The van der Waals surface area contributed by atoms with Gasteiger partial charge in [-0.05, 0) is 51.4 Å². The zero-order valence-corrected chi connectivity index (χ0v) is 36.2. The number of esters is 2. The van der Waals surface area contributed by atoms with E-state index in [9.17, 15) is 24.2 Å². The van der Waals surface area contributed by atoms with E-state index in [1.807, 2.05) is 12.2 Å². The number of ether oxygens (including phenoxy) is 2. The van der Waals surface area contributed by atoms with Crippen molar-refractivity contribution in [2.24, 2.45) is 0 Å². The van der Waals surface area contributed by atoms with Crippen LogP contribution in [0.1, 0.15) is 187 Å². The van der Waals surface area contributed by atoms with E-state index in [1.165, 1.54) is 96.3 Å². The Kier molecular flexibility index (Phi) is 39.6. The monoisotopic (exact) mass is 813 g/mol. The summed E-state index contributed by atoms with van der Waals surface area (Å²) in [4.78, 5) is 35.0. The Morgan fingerprint density at radius 3 is 1.45 bits per heavy atom. The molecule has 0 saturated carbocycles. The van der Waals surface area contributed by atoms with Crippen LogP contribution in [0.15, 0.2) is 48.6 Å². The largest absolute Gasteiger partial charge is 0.472 e. The lowest BCUT2D eigenvalue weighted by Gasteiger charge is -2.20. The quantitative estimate of drug-likeness (QED) is 0.0236. The fraction of sp³-hybridized carbons (Fsp3) is 0.778. The topological polar surface area (TPSA) is 149 Å². The van der Waals surface area contributed by atoms with Crippen LogP contribution in [0.2, 0.25) is 0 Å². The Morgan fingerprint density at radius 1 is 0.536 bits per heavy atom. The number of aliphatic hydroxyl groups is 2. The molecule has 0 aliphatic rings. The van der Waals surface area contributed by atoms with E-state index >= 15 is 0 Å². The summed E-state index contributed by atoms with van der Waals surface area (Å²) in [5.41, 5.74) is 0. The molecule has 0 spiro atoms. The second kappa shape index (κ2) is 41.1. The van der Waals surface area contributed by atoms with Crippen molar-refractivity contribution in [3.05, 3.63) is 48.6 Å². The van der Waals surface area contributed by atoms with E-state index in [0.717, 1.165) is 44.9 Å². The molecule has 0 aliphatic carbocycles. The van der Waals surface area contributed by atoms with Crippen LogP contribution < -0.4 is 0 Å². The molecule has 0 radical (unpaired) electrons.